The van der Waals surface area contributed by atoms with E-state index in [2.05, 4.69) is 29.0 Å². The molecule has 4 unspecified atom stereocenters. The number of fused-ring (bicyclic) bond motifs is 1. The van der Waals surface area contributed by atoms with E-state index in [1.807, 2.05) is 0 Å². The van der Waals surface area contributed by atoms with Gasteiger partial charge in [0.1, 0.15) is 0 Å². The van der Waals surface area contributed by atoms with E-state index < -0.39 is 0 Å². The van der Waals surface area contributed by atoms with Crippen molar-refractivity contribution in [2.75, 3.05) is 32.7 Å². The highest BCUT2D eigenvalue weighted by Gasteiger charge is 2.38. The van der Waals surface area contributed by atoms with E-state index in [4.69, 9.17) is 0 Å². The molecule has 0 aromatic rings. The topological polar surface area (TPSA) is 35.6 Å². The predicted octanol–water partition coefficient (Wildman–Crippen LogP) is 0.927. The van der Waals surface area contributed by atoms with Crippen molar-refractivity contribution in [1.82, 2.24) is 15.1 Å². The van der Waals surface area contributed by atoms with E-state index in [1.54, 1.807) is 0 Å². The fraction of sp³-hybridized carbons (Fsp3) is 0.933. The molecule has 0 saturated carbocycles. The molecule has 4 heteroatoms. The fourth-order valence-corrected chi connectivity index (χ4v) is 4.27. The maximum Gasteiger partial charge on any atom is 0.237 e. The highest BCUT2D eigenvalue weighted by Crippen LogP contribution is 2.27. The first-order valence-corrected chi connectivity index (χ1v) is 7.89. The Bertz CT molecular complexity index is 324. The average Bonchev–Trinajstić information content (AvgIpc) is 2.89. The third-order valence-electron chi connectivity index (χ3n) is 5.31. The average molecular weight is 265 g/mol. The first-order chi connectivity index (χ1) is 9.15. The Morgan fingerprint density at radius 3 is 2.26 bits per heavy atom. The maximum atomic E-state index is 12.6. The van der Waals surface area contributed by atoms with E-state index in [0.717, 1.165) is 38.0 Å². The molecule has 3 rings (SSSR count). The van der Waals surface area contributed by atoms with Gasteiger partial charge in [-0.05, 0) is 58.0 Å². The van der Waals surface area contributed by atoms with Crippen LogP contribution in [0.5, 0.6) is 0 Å². The van der Waals surface area contributed by atoms with Crippen molar-refractivity contribution in [3.63, 3.8) is 0 Å². The lowest BCUT2D eigenvalue weighted by Crippen LogP contribution is -2.51. The van der Waals surface area contributed by atoms with Gasteiger partial charge >= 0.3 is 0 Å². The Kier molecular flexibility index (Phi) is 3.81. The minimum Gasteiger partial charge on any atom is -0.336 e. The van der Waals surface area contributed by atoms with Crippen molar-refractivity contribution >= 4 is 5.91 Å². The highest BCUT2D eigenvalue weighted by molar-refractivity contribution is 5.79. The van der Waals surface area contributed by atoms with Crippen molar-refractivity contribution in [2.24, 2.45) is 11.8 Å². The summed E-state index contributed by atoms with van der Waals surface area (Å²) in [4.78, 5) is 17.1. The molecule has 0 aromatic heterocycles. The van der Waals surface area contributed by atoms with Gasteiger partial charge in [-0.1, -0.05) is 0 Å². The minimum atomic E-state index is 0.354. The summed E-state index contributed by atoms with van der Waals surface area (Å²) in [6, 6.07) is 0.861. The van der Waals surface area contributed by atoms with Gasteiger partial charge in [-0.25, -0.2) is 0 Å². The zero-order valence-corrected chi connectivity index (χ0v) is 12.3. The molecule has 0 aromatic carbocycles. The number of carbonyl (C=O) groups excluding carboxylic acids is 1. The molecule has 3 aliphatic heterocycles. The highest BCUT2D eigenvalue weighted by atomic mass is 16.2. The third kappa shape index (κ3) is 2.65. The quantitative estimate of drug-likeness (QED) is 0.807. The van der Waals surface area contributed by atoms with Crippen molar-refractivity contribution in [1.29, 1.82) is 0 Å². The lowest BCUT2D eigenvalue weighted by atomic mass is 9.97. The number of hydrogen-bond donors (Lipinski definition) is 1. The van der Waals surface area contributed by atoms with Crippen LogP contribution in [0.4, 0.5) is 0 Å². The zero-order chi connectivity index (χ0) is 13.4. The monoisotopic (exact) mass is 265 g/mol. The Labute approximate surface area is 116 Å². The number of likely N-dealkylation sites (tertiary alicyclic amines) is 2. The van der Waals surface area contributed by atoms with E-state index in [-0.39, 0.29) is 0 Å². The van der Waals surface area contributed by atoms with Gasteiger partial charge in [0, 0.05) is 25.2 Å². The molecule has 1 N–H and O–H groups in total. The van der Waals surface area contributed by atoms with Crippen molar-refractivity contribution in [3.8, 4) is 0 Å². The number of amides is 1. The van der Waals surface area contributed by atoms with Crippen LogP contribution in [0.25, 0.3) is 0 Å². The summed E-state index contributed by atoms with van der Waals surface area (Å²) < 4.78 is 0. The maximum absolute atomic E-state index is 12.6. The number of nitrogens with one attached hydrogen (secondary N) is 1. The lowest BCUT2D eigenvalue weighted by Gasteiger charge is -2.40. The first-order valence-electron chi connectivity index (χ1n) is 7.89. The molecule has 19 heavy (non-hydrogen) atoms. The van der Waals surface area contributed by atoms with Gasteiger partial charge in [0.2, 0.25) is 5.91 Å². The lowest BCUT2D eigenvalue weighted by molar-refractivity contribution is -0.138. The van der Waals surface area contributed by atoms with Crippen LogP contribution in [-0.2, 0) is 4.79 Å². The van der Waals surface area contributed by atoms with Crippen molar-refractivity contribution in [3.05, 3.63) is 0 Å². The van der Waals surface area contributed by atoms with Gasteiger partial charge in [-0.3, -0.25) is 9.69 Å². The van der Waals surface area contributed by atoms with Crippen molar-refractivity contribution < 1.29 is 4.79 Å². The molecule has 3 aliphatic rings. The standard InChI is InChI=1S/C15H27N3O/c1-11-4-3-5-12(2)18(11)15(19)10-17-8-13-6-16-7-14(13)9-17/h11-14,16H,3-10H2,1-2H3. The van der Waals surface area contributed by atoms with E-state index in [0.29, 0.717) is 24.5 Å². The van der Waals surface area contributed by atoms with Gasteiger partial charge in [-0.15, -0.1) is 0 Å². The second kappa shape index (κ2) is 5.41. The Balaban J connectivity index is 1.56. The summed E-state index contributed by atoms with van der Waals surface area (Å²) in [7, 11) is 0. The van der Waals surface area contributed by atoms with Crippen LogP contribution < -0.4 is 5.32 Å². The first kappa shape index (κ1) is 13.4. The fourth-order valence-electron chi connectivity index (χ4n) is 4.27. The molecule has 4 nitrogen and oxygen atoms in total. The summed E-state index contributed by atoms with van der Waals surface area (Å²) in [6.45, 7) is 9.56. The number of nitrogens with zero attached hydrogens (tertiary/aromatic N) is 2. The van der Waals surface area contributed by atoms with Crippen LogP contribution in [0, 0.1) is 11.8 Å². The van der Waals surface area contributed by atoms with Gasteiger partial charge in [0.15, 0.2) is 0 Å². The summed E-state index contributed by atoms with van der Waals surface area (Å²) in [6.07, 6.45) is 3.61. The Hall–Kier alpha value is -0.610. The van der Waals surface area contributed by atoms with Crippen LogP contribution >= 0.6 is 0 Å². The molecule has 3 saturated heterocycles. The molecule has 0 spiro atoms. The van der Waals surface area contributed by atoms with Crippen LogP contribution in [0.1, 0.15) is 33.1 Å². The number of piperidine rings is 1. The Morgan fingerprint density at radius 2 is 1.68 bits per heavy atom. The van der Waals surface area contributed by atoms with Crippen LogP contribution in [-0.4, -0.2) is 60.5 Å². The van der Waals surface area contributed by atoms with Crippen LogP contribution in [0.15, 0.2) is 0 Å². The number of rotatable bonds is 2. The van der Waals surface area contributed by atoms with Gasteiger partial charge in [-0.2, -0.15) is 0 Å². The largest absolute Gasteiger partial charge is 0.336 e. The molecule has 3 fully saturated rings. The normalized spacial score (nSPS) is 39.6. The summed E-state index contributed by atoms with van der Waals surface area (Å²) >= 11 is 0. The zero-order valence-electron chi connectivity index (χ0n) is 12.3. The molecule has 3 heterocycles. The smallest absolute Gasteiger partial charge is 0.237 e. The van der Waals surface area contributed by atoms with Gasteiger partial charge in [0.05, 0.1) is 6.54 Å². The molecular formula is C15H27N3O. The predicted molar refractivity (Wildman–Crippen MR) is 75.9 cm³/mol. The molecule has 0 radical (unpaired) electrons. The summed E-state index contributed by atoms with van der Waals surface area (Å²) in [5.74, 6) is 1.92. The Morgan fingerprint density at radius 1 is 1.11 bits per heavy atom. The van der Waals surface area contributed by atoms with Gasteiger partial charge in [0.25, 0.3) is 0 Å². The number of carbonyl (C=O) groups is 1. The molecule has 0 bridgehead atoms. The molecule has 108 valence electrons. The van der Waals surface area contributed by atoms with Gasteiger partial charge < -0.3 is 10.2 Å². The van der Waals surface area contributed by atoms with Crippen LogP contribution in [0.3, 0.4) is 0 Å². The van der Waals surface area contributed by atoms with Crippen molar-refractivity contribution in [2.45, 2.75) is 45.2 Å². The molecular weight excluding hydrogens is 238 g/mol. The van der Waals surface area contributed by atoms with Crippen LogP contribution in [0.2, 0.25) is 0 Å². The van der Waals surface area contributed by atoms with E-state index in [1.165, 1.54) is 19.3 Å². The SMILES string of the molecule is CC1CCCC(C)N1C(=O)CN1CC2CNCC2C1. The summed E-state index contributed by atoms with van der Waals surface area (Å²) in [5, 5.41) is 3.45. The third-order valence-corrected chi connectivity index (χ3v) is 5.31. The molecule has 1 amide bonds. The minimum absolute atomic E-state index is 0.354. The van der Waals surface area contributed by atoms with E-state index >= 15 is 0 Å². The second-order valence-electron chi connectivity index (χ2n) is 6.80. The summed E-state index contributed by atoms with van der Waals surface area (Å²) in [5.41, 5.74) is 0. The second-order valence-corrected chi connectivity index (χ2v) is 6.80. The number of hydrogen-bond acceptors (Lipinski definition) is 3. The molecule has 0 aliphatic carbocycles. The molecule has 4 atom stereocenters. The van der Waals surface area contributed by atoms with E-state index in [9.17, 15) is 4.79 Å².